The highest BCUT2D eigenvalue weighted by Gasteiger charge is 2.32. The zero-order valence-corrected chi connectivity index (χ0v) is 18.2. The monoisotopic (exact) mass is 468 g/mol. The quantitative estimate of drug-likeness (QED) is 0.478. The number of nitrogens with zero attached hydrogens (tertiary/aromatic N) is 2. The van der Waals surface area contributed by atoms with Crippen LogP contribution in [0.25, 0.3) is 0 Å². The van der Waals surface area contributed by atoms with E-state index in [4.69, 9.17) is 34.8 Å². The van der Waals surface area contributed by atoms with E-state index in [1.165, 1.54) is 6.07 Å². The van der Waals surface area contributed by atoms with Gasteiger partial charge in [-0.1, -0.05) is 58.7 Å². The maximum absolute atomic E-state index is 12.3. The Labute approximate surface area is 186 Å². The second-order valence-electron chi connectivity index (χ2n) is 6.07. The van der Waals surface area contributed by atoms with E-state index in [1.54, 1.807) is 31.2 Å². The third-order valence-electron chi connectivity index (χ3n) is 3.91. The number of thioether (sulfide) groups is 1. The summed E-state index contributed by atoms with van der Waals surface area (Å²) < 4.78 is 0. The number of hydrogen-bond donors (Lipinski definition) is 2. The largest absolute Gasteiger partial charge is 0.325 e. The Hall–Kier alpha value is -2.06. The SMILES string of the molecule is C/C(=N/N=C1\NC(=O)[C@@H](CC(=O)Nc2ccc(Cl)cc2Cl)S1)c1ccc(Cl)cc1. The molecule has 1 fully saturated rings. The molecule has 150 valence electrons. The van der Waals surface area contributed by atoms with Crippen LogP contribution in [-0.4, -0.2) is 27.9 Å². The van der Waals surface area contributed by atoms with E-state index in [9.17, 15) is 9.59 Å². The summed E-state index contributed by atoms with van der Waals surface area (Å²) in [6.07, 6.45) is -0.0334. The molecule has 3 rings (SSSR count). The van der Waals surface area contributed by atoms with E-state index < -0.39 is 5.25 Å². The van der Waals surface area contributed by atoms with Crippen LogP contribution >= 0.6 is 46.6 Å². The first-order chi connectivity index (χ1) is 13.8. The van der Waals surface area contributed by atoms with Crippen molar-refractivity contribution in [1.29, 1.82) is 0 Å². The van der Waals surface area contributed by atoms with E-state index >= 15 is 0 Å². The zero-order valence-electron chi connectivity index (χ0n) is 15.1. The van der Waals surface area contributed by atoms with Crippen LogP contribution in [0.1, 0.15) is 18.9 Å². The van der Waals surface area contributed by atoms with Crippen molar-refractivity contribution in [1.82, 2.24) is 5.32 Å². The van der Waals surface area contributed by atoms with Crippen LogP contribution in [0.2, 0.25) is 15.1 Å². The van der Waals surface area contributed by atoms with Crippen LogP contribution < -0.4 is 10.6 Å². The molecule has 2 aromatic carbocycles. The molecule has 0 aromatic heterocycles. The summed E-state index contributed by atoms with van der Waals surface area (Å²) in [6, 6.07) is 11.9. The molecule has 0 saturated carbocycles. The lowest BCUT2D eigenvalue weighted by Crippen LogP contribution is -2.28. The molecule has 0 aliphatic carbocycles. The second-order valence-corrected chi connectivity index (χ2v) is 8.54. The van der Waals surface area contributed by atoms with Crippen molar-refractivity contribution < 1.29 is 9.59 Å². The van der Waals surface area contributed by atoms with Crippen molar-refractivity contribution in [2.75, 3.05) is 5.32 Å². The predicted octanol–water partition coefficient (Wildman–Crippen LogP) is 4.99. The van der Waals surface area contributed by atoms with Crippen molar-refractivity contribution in [3.8, 4) is 0 Å². The van der Waals surface area contributed by atoms with Crippen molar-refractivity contribution >= 4 is 74.9 Å². The van der Waals surface area contributed by atoms with E-state index in [-0.39, 0.29) is 18.2 Å². The van der Waals surface area contributed by atoms with Gasteiger partial charge in [0.2, 0.25) is 11.8 Å². The Bertz CT molecular complexity index is 1010. The molecule has 1 atom stereocenters. The van der Waals surface area contributed by atoms with Gasteiger partial charge in [-0.2, -0.15) is 5.10 Å². The number of hydrogen-bond acceptors (Lipinski definition) is 5. The normalized spacial score (nSPS) is 18.1. The Morgan fingerprint density at radius 3 is 2.52 bits per heavy atom. The molecule has 1 saturated heterocycles. The molecule has 0 spiro atoms. The zero-order chi connectivity index (χ0) is 21.0. The molecule has 29 heavy (non-hydrogen) atoms. The standard InChI is InChI=1S/C19H15Cl3N4O2S/c1-10(11-2-4-12(20)5-3-11)25-26-19-24-18(28)16(29-19)9-17(27)23-15-7-6-13(21)8-14(15)22/h2-8,16H,9H2,1H3,(H,23,27)(H,24,26,28)/b25-10-/t16-/m1/s1. The number of benzene rings is 2. The molecule has 10 heteroatoms. The van der Waals surface area contributed by atoms with E-state index in [2.05, 4.69) is 20.8 Å². The average Bonchev–Trinajstić information content (AvgIpc) is 3.02. The Morgan fingerprint density at radius 2 is 1.83 bits per heavy atom. The second kappa shape index (κ2) is 9.63. The maximum atomic E-state index is 12.3. The van der Waals surface area contributed by atoms with Gasteiger partial charge in [0.25, 0.3) is 0 Å². The van der Waals surface area contributed by atoms with Gasteiger partial charge in [-0.05, 0) is 42.8 Å². The smallest absolute Gasteiger partial charge is 0.240 e. The highest BCUT2D eigenvalue weighted by atomic mass is 35.5. The average molecular weight is 470 g/mol. The Kier molecular flexibility index (Phi) is 7.18. The lowest BCUT2D eigenvalue weighted by Gasteiger charge is -2.09. The van der Waals surface area contributed by atoms with E-state index in [1.807, 2.05) is 12.1 Å². The Balaban J connectivity index is 1.60. The number of amides is 2. The molecular weight excluding hydrogens is 455 g/mol. The summed E-state index contributed by atoms with van der Waals surface area (Å²) in [5.74, 6) is -0.644. The maximum Gasteiger partial charge on any atom is 0.240 e. The number of anilines is 1. The van der Waals surface area contributed by atoms with Crippen LogP contribution in [0.5, 0.6) is 0 Å². The fraction of sp³-hybridized carbons (Fsp3) is 0.158. The van der Waals surface area contributed by atoms with Crippen molar-refractivity contribution in [2.24, 2.45) is 10.2 Å². The van der Waals surface area contributed by atoms with Crippen LogP contribution in [0.4, 0.5) is 5.69 Å². The van der Waals surface area contributed by atoms with Crippen LogP contribution in [0, 0.1) is 0 Å². The third kappa shape index (κ3) is 5.96. The van der Waals surface area contributed by atoms with Crippen LogP contribution in [0.15, 0.2) is 52.7 Å². The minimum Gasteiger partial charge on any atom is -0.325 e. The summed E-state index contributed by atoms with van der Waals surface area (Å²) in [5, 5.41) is 14.7. The predicted molar refractivity (Wildman–Crippen MR) is 120 cm³/mol. The molecular formula is C19H15Cl3N4O2S. The number of rotatable bonds is 5. The summed E-state index contributed by atoms with van der Waals surface area (Å²) in [6.45, 7) is 1.80. The topological polar surface area (TPSA) is 82.9 Å². The van der Waals surface area contributed by atoms with Crippen LogP contribution in [-0.2, 0) is 9.59 Å². The summed E-state index contributed by atoms with van der Waals surface area (Å²) >= 11 is 18.9. The summed E-state index contributed by atoms with van der Waals surface area (Å²) in [4.78, 5) is 24.4. The van der Waals surface area contributed by atoms with E-state index in [0.717, 1.165) is 17.3 Å². The molecule has 0 unspecified atom stereocenters. The first kappa shape index (κ1) is 21.6. The van der Waals surface area contributed by atoms with Crippen LogP contribution in [0.3, 0.4) is 0 Å². The number of carbonyl (C=O) groups excluding carboxylic acids is 2. The number of nitrogens with one attached hydrogen (secondary N) is 2. The molecule has 0 bridgehead atoms. The summed E-state index contributed by atoms with van der Waals surface area (Å²) in [7, 11) is 0. The van der Waals surface area contributed by atoms with E-state index in [0.29, 0.717) is 31.6 Å². The number of amidine groups is 1. The molecule has 1 aliphatic rings. The van der Waals surface area contributed by atoms with Gasteiger partial charge >= 0.3 is 0 Å². The van der Waals surface area contributed by atoms with Gasteiger partial charge in [0.15, 0.2) is 5.17 Å². The minimum atomic E-state index is -0.606. The first-order valence-electron chi connectivity index (χ1n) is 8.42. The number of carbonyl (C=O) groups is 2. The fourth-order valence-corrected chi connectivity index (χ4v) is 3.92. The molecule has 0 radical (unpaired) electrons. The lowest BCUT2D eigenvalue weighted by molar-refractivity contribution is -0.122. The third-order valence-corrected chi connectivity index (χ3v) is 5.78. The summed E-state index contributed by atoms with van der Waals surface area (Å²) in [5.41, 5.74) is 1.97. The van der Waals surface area contributed by atoms with Gasteiger partial charge in [-0.15, -0.1) is 5.10 Å². The van der Waals surface area contributed by atoms with Crippen molar-refractivity contribution in [2.45, 2.75) is 18.6 Å². The molecule has 2 aromatic rings. The van der Waals surface area contributed by atoms with Gasteiger partial charge in [0, 0.05) is 16.5 Å². The molecule has 2 amide bonds. The number of halogens is 3. The van der Waals surface area contributed by atoms with Crippen molar-refractivity contribution in [3.63, 3.8) is 0 Å². The van der Waals surface area contributed by atoms with Gasteiger partial charge in [0.05, 0.1) is 16.4 Å². The Morgan fingerprint density at radius 1 is 1.14 bits per heavy atom. The fourth-order valence-electron chi connectivity index (χ4n) is 2.42. The van der Waals surface area contributed by atoms with Gasteiger partial charge in [0.1, 0.15) is 5.25 Å². The van der Waals surface area contributed by atoms with Gasteiger partial charge in [-0.3, -0.25) is 9.59 Å². The van der Waals surface area contributed by atoms with Crippen molar-refractivity contribution in [3.05, 3.63) is 63.1 Å². The van der Waals surface area contributed by atoms with Gasteiger partial charge < -0.3 is 10.6 Å². The van der Waals surface area contributed by atoms with Gasteiger partial charge in [-0.25, -0.2) is 0 Å². The highest BCUT2D eigenvalue weighted by molar-refractivity contribution is 8.15. The highest BCUT2D eigenvalue weighted by Crippen LogP contribution is 2.27. The molecule has 2 N–H and O–H groups in total. The molecule has 1 heterocycles. The molecule has 6 nitrogen and oxygen atoms in total. The minimum absolute atomic E-state index is 0.0334. The lowest BCUT2D eigenvalue weighted by atomic mass is 10.1. The first-order valence-corrected chi connectivity index (χ1v) is 10.4. The molecule has 1 aliphatic heterocycles.